The molecule has 0 saturated carbocycles. The van der Waals surface area contributed by atoms with Gasteiger partial charge in [0.1, 0.15) is 16.4 Å². The van der Waals surface area contributed by atoms with E-state index in [-0.39, 0.29) is 17.2 Å². The summed E-state index contributed by atoms with van der Waals surface area (Å²) in [5, 5.41) is 10.7. The third kappa shape index (κ3) is 4.39. The zero-order chi connectivity index (χ0) is 17.7. The number of aliphatic hydroxyl groups is 1. The van der Waals surface area contributed by atoms with E-state index >= 15 is 0 Å². The Bertz CT molecular complexity index is 793. The minimum atomic E-state index is -3.89. The number of nitrogens with one attached hydrogen (secondary N) is 1. The fourth-order valence-corrected chi connectivity index (χ4v) is 3.41. The zero-order valence-corrected chi connectivity index (χ0v) is 14.8. The highest BCUT2D eigenvalue weighted by Crippen LogP contribution is 2.28. The Kier molecular flexibility index (Phi) is 6.06. The molecule has 8 heteroatoms. The smallest absolute Gasteiger partial charge is 0.244 e. The molecular weight excluding hydrogens is 354 g/mol. The first kappa shape index (κ1) is 18.5. The van der Waals surface area contributed by atoms with Gasteiger partial charge in [0.05, 0.1) is 20.3 Å². The lowest BCUT2D eigenvalue weighted by atomic mass is 10.1. The van der Waals surface area contributed by atoms with E-state index in [4.69, 9.17) is 21.1 Å². The molecule has 0 heterocycles. The molecule has 6 nitrogen and oxygen atoms in total. The Morgan fingerprint density at radius 2 is 1.79 bits per heavy atom. The molecule has 0 amide bonds. The maximum absolute atomic E-state index is 12.5. The van der Waals surface area contributed by atoms with Gasteiger partial charge in [-0.25, -0.2) is 13.1 Å². The van der Waals surface area contributed by atoms with Gasteiger partial charge in [0, 0.05) is 17.6 Å². The van der Waals surface area contributed by atoms with Gasteiger partial charge in [-0.05, 0) is 29.8 Å². The van der Waals surface area contributed by atoms with Gasteiger partial charge in [0.2, 0.25) is 10.0 Å². The van der Waals surface area contributed by atoms with Gasteiger partial charge in [-0.3, -0.25) is 0 Å². The summed E-state index contributed by atoms with van der Waals surface area (Å²) in [4.78, 5) is -0.0624. The van der Waals surface area contributed by atoms with E-state index in [1.54, 1.807) is 30.3 Å². The lowest BCUT2D eigenvalue weighted by Gasteiger charge is -2.15. The standard InChI is InChI=1S/C16H18ClNO5S/c1-22-13-7-8-15(23-2)16(9-13)24(20,21)18-10-14(19)11-3-5-12(17)6-4-11/h3-9,14,18-19H,10H2,1-2H3. The molecule has 0 spiro atoms. The van der Waals surface area contributed by atoms with Crippen molar-refractivity contribution in [2.45, 2.75) is 11.0 Å². The van der Waals surface area contributed by atoms with Crippen molar-refractivity contribution in [3.05, 3.63) is 53.1 Å². The van der Waals surface area contributed by atoms with E-state index in [0.717, 1.165) is 0 Å². The summed E-state index contributed by atoms with van der Waals surface area (Å²) in [6, 6.07) is 11.0. The quantitative estimate of drug-likeness (QED) is 0.780. The van der Waals surface area contributed by atoms with E-state index in [2.05, 4.69) is 4.72 Å². The van der Waals surface area contributed by atoms with Crippen LogP contribution in [0.5, 0.6) is 11.5 Å². The van der Waals surface area contributed by atoms with E-state index in [9.17, 15) is 13.5 Å². The number of ether oxygens (including phenoxy) is 2. The van der Waals surface area contributed by atoms with Crippen molar-refractivity contribution >= 4 is 21.6 Å². The molecule has 0 aliphatic heterocycles. The molecule has 0 bridgehead atoms. The number of hydrogen-bond acceptors (Lipinski definition) is 5. The van der Waals surface area contributed by atoms with E-state index < -0.39 is 16.1 Å². The van der Waals surface area contributed by atoms with Gasteiger partial charge < -0.3 is 14.6 Å². The maximum Gasteiger partial charge on any atom is 0.244 e. The maximum atomic E-state index is 12.5. The number of benzene rings is 2. The van der Waals surface area contributed by atoms with Crippen molar-refractivity contribution in [2.24, 2.45) is 0 Å². The fraction of sp³-hybridized carbons (Fsp3) is 0.250. The molecule has 1 atom stereocenters. The lowest BCUT2D eigenvalue weighted by molar-refractivity contribution is 0.182. The predicted octanol–water partition coefficient (Wildman–Crippen LogP) is 2.37. The first-order chi connectivity index (χ1) is 11.4. The van der Waals surface area contributed by atoms with Gasteiger partial charge in [-0.15, -0.1) is 0 Å². The molecule has 24 heavy (non-hydrogen) atoms. The molecule has 130 valence electrons. The SMILES string of the molecule is COc1ccc(OC)c(S(=O)(=O)NCC(O)c2ccc(Cl)cc2)c1. The molecule has 0 radical (unpaired) electrons. The third-order valence-electron chi connectivity index (χ3n) is 3.38. The van der Waals surface area contributed by atoms with Crippen molar-refractivity contribution in [3.63, 3.8) is 0 Å². The molecule has 2 N–H and O–H groups in total. The second-order valence-electron chi connectivity index (χ2n) is 4.94. The Balaban J connectivity index is 2.18. The second kappa shape index (κ2) is 7.85. The van der Waals surface area contributed by atoms with Gasteiger partial charge >= 0.3 is 0 Å². The first-order valence-electron chi connectivity index (χ1n) is 7.02. The van der Waals surface area contributed by atoms with Crippen molar-refractivity contribution < 1.29 is 23.0 Å². The van der Waals surface area contributed by atoms with Crippen LogP contribution in [0.25, 0.3) is 0 Å². The number of sulfonamides is 1. The number of methoxy groups -OCH3 is 2. The second-order valence-corrected chi connectivity index (χ2v) is 7.11. The van der Waals surface area contributed by atoms with Crippen LogP contribution in [-0.2, 0) is 10.0 Å². The van der Waals surface area contributed by atoms with E-state index in [1.807, 2.05) is 0 Å². The summed E-state index contributed by atoms with van der Waals surface area (Å²) in [7, 11) is -1.07. The summed E-state index contributed by atoms with van der Waals surface area (Å²) in [6.07, 6.45) is -1.01. The Hall–Kier alpha value is -1.80. The summed E-state index contributed by atoms with van der Waals surface area (Å²) < 4.78 is 37.5. The number of aliphatic hydroxyl groups excluding tert-OH is 1. The minimum Gasteiger partial charge on any atom is -0.497 e. The first-order valence-corrected chi connectivity index (χ1v) is 8.88. The highest BCUT2D eigenvalue weighted by atomic mass is 35.5. The van der Waals surface area contributed by atoms with Crippen LogP contribution in [0.15, 0.2) is 47.4 Å². The molecule has 2 aromatic carbocycles. The van der Waals surface area contributed by atoms with Gasteiger partial charge in [-0.1, -0.05) is 23.7 Å². The normalized spacial score (nSPS) is 12.7. The zero-order valence-electron chi connectivity index (χ0n) is 13.2. The summed E-state index contributed by atoms with van der Waals surface area (Å²) in [6.45, 7) is -0.190. The monoisotopic (exact) mass is 371 g/mol. The average molecular weight is 372 g/mol. The van der Waals surface area contributed by atoms with Crippen LogP contribution < -0.4 is 14.2 Å². The minimum absolute atomic E-state index is 0.0624. The van der Waals surface area contributed by atoms with Crippen molar-refractivity contribution in [3.8, 4) is 11.5 Å². The topological polar surface area (TPSA) is 84.9 Å². The summed E-state index contributed by atoms with van der Waals surface area (Å²) in [5.74, 6) is 0.568. The molecule has 2 aromatic rings. The number of hydrogen-bond donors (Lipinski definition) is 2. The molecule has 0 fully saturated rings. The molecular formula is C16H18ClNO5S. The van der Waals surface area contributed by atoms with Crippen LogP contribution in [0.4, 0.5) is 0 Å². The molecule has 0 aliphatic rings. The van der Waals surface area contributed by atoms with Crippen molar-refractivity contribution in [1.29, 1.82) is 0 Å². The van der Waals surface area contributed by atoms with Gasteiger partial charge in [-0.2, -0.15) is 0 Å². The molecule has 1 unspecified atom stereocenters. The van der Waals surface area contributed by atoms with Crippen molar-refractivity contribution in [1.82, 2.24) is 4.72 Å². The highest BCUT2D eigenvalue weighted by Gasteiger charge is 2.22. The Labute approximate surface area is 146 Å². The Morgan fingerprint density at radius 3 is 2.38 bits per heavy atom. The molecule has 0 aliphatic carbocycles. The molecule has 0 saturated heterocycles. The number of halogens is 1. The van der Waals surface area contributed by atoms with Crippen LogP contribution in [0.2, 0.25) is 5.02 Å². The van der Waals surface area contributed by atoms with Crippen LogP contribution in [-0.4, -0.2) is 34.3 Å². The number of rotatable bonds is 7. The van der Waals surface area contributed by atoms with Crippen LogP contribution in [0.3, 0.4) is 0 Å². The average Bonchev–Trinajstić information content (AvgIpc) is 2.59. The third-order valence-corrected chi connectivity index (χ3v) is 5.08. The molecule has 0 aromatic heterocycles. The van der Waals surface area contributed by atoms with E-state index in [0.29, 0.717) is 16.3 Å². The lowest BCUT2D eigenvalue weighted by Crippen LogP contribution is -2.29. The summed E-state index contributed by atoms with van der Waals surface area (Å²) in [5.41, 5.74) is 0.555. The van der Waals surface area contributed by atoms with E-state index in [1.165, 1.54) is 26.4 Å². The van der Waals surface area contributed by atoms with Gasteiger partial charge in [0.15, 0.2) is 0 Å². The van der Waals surface area contributed by atoms with Crippen LogP contribution >= 0.6 is 11.6 Å². The largest absolute Gasteiger partial charge is 0.497 e. The van der Waals surface area contributed by atoms with Crippen LogP contribution in [0, 0.1) is 0 Å². The predicted molar refractivity (Wildman–Crippen MR) is 91.1 cm³/mol. The van der Waals surface area contributed by atoms with Gasteiger partial charge in [0.25, 0.3) is 0 Å². The summed E-state index contributed by atoms with van der Waals surface area (Å²) >= 11 is 5.79. The fourth-order valence-electron chi connectivity index (χ4n) is 2.06. The molecule has 2 rings (SSSR count). The Morgan fingerprint density at radius 1 is 1.12 bits per heavy atom. The van der Waals surface area contributed by atoms with Crippen LogP contribution in [0.1, 0.15) is 11.7 Å². The highest BCUT2D eigenvalue weighted by molar-refractivity contribution is 7.89. The van der Waals surface area contributed by atoms with Crippen molar-refractivity contribution in [2.75, 3.05) is 20.8 Å².